The van der Waals surface area contributed by atoms with E-state index in [9.17, 15) is 4.79 Å². The molecule has 1 aromatic heterocycles. The maximum atomic E-state index is 11.5. The minimum Gasteiger partial charge on any atom is -0.361 e. The summed E-state index contributed by atoms with van der Waals surface area (Å²) >= 11 is 1.61. The number of fused-ring (bicyclic) bond motifs is 1. The fourth-order valence-corrected chi connectivity index (χ4v) is 3.58. The first kappa shape index (κ1) is 14.9. The molecule has 0 aliphatic carbocycles. The van der Waals surface area contributed by atoms with Crippen LogP contribution >= 0.6 is 11.3 Å². The van der Waals surface area contributed by atoms with Crippen molar-refractivity contribution in [1.29, 1.82) is 0 Å². The van der Waals surface area contributed by atoms with Crippen molar-refractivity contribution in [3.05, 3.63) is 65.0 Å². The number of carbonyl (C=O) groups excluding carboxylic acids is 1. The van der Waals surface area contributed by atoms with Gasteiger partial charge in [-0.3, -0.25) is 4.79 Å². The van der Waals surface area contributed by atoms with Crippen molar-refractivity contribution in [3.63, 3.8) is 0 Å². The molecule has 0 spiro atoms. The van der Waals surface area contributed by atoms with E-state index in [1.807, 2.05) is 18.2 Å². The highest BCUT2D eigenvalue weighted by Gasteiger charge is 2.18. The molecular weight excluding hydrogens is 318 g/mol. The Balaban J connectivity index is 1.42. The summed E-state index contributed by atoms with van der Waals surface area (Å²) in [4.78, 5) is 16.1. The number of nitrogens with one attached hydrogen (secondary N) is 2. The molecule has 0 saturated heterocycles. The van der Waals surface area contributed by atoms with Crippen LogP contribution in [-0.2, 0) is 17.6 Å². The molecule has 2 N–H and O–H groups in total. The van der Waals surface area contributed by atoms with E-state index in [4.69, 9.17) is 0 Å². The van der Waals surface area contributed by atoms with Crippen LogP contribution in [0.4, 0.5) is 10.8 Å². The lowest BCUT2D eigenvalue weighted by Gasteiger charge is -2.03. The zero-order valence-electron chi connectivity index (χ0n) is 13.1. The standard InChI is InChI=1S/C19H17N3OS/c23-18-11-15-10-14(6-7-16(15)21-18)17-12-24-19(22-17)20-9-8-13-4-2-1-3-5-13/h1-7,10,12H,8-9,11H2,(H,20,22)(H,21,23). The molecule has 1 aliphatic heterocycles. The Kier molecular flexibility index (Phi) is 4.01. The van der Waals surface area contributed by atoms with Gasteiger partial charge in [-0.25, -0.2) is 4.98 Å². The van der Waals surface area contributed by atoms with E-state index >= 15 is 0 Å². The average molecular weight is 335 g/mol. The Morgan fingerprint density at radius 3 is 2.92 bits per heavy atom. The lowest BCUT2D eigenvalue weighted by atomic mass is 10.1. The number of hydrogen-bond acceptors (Lipinski definition) is 4. The molecule has 4 nitrogen and oxygen atoms in total. The number of amides is 1. The molecule has 4 rings (SSSR count). The maximum absolute atomic E-state index is 11.5. The number of carbonyl (C=O) groups is 1. The predicted octanol–water partition coefficient (Wildman–Crippen LogP) is 3.96. The zero-order chi connectivity index (χ0) is 16.4. The summed E-state index contributed by atoms with van der Waals surface area (Å²) in [6, 6.07) is 16.4. The average Bonchev–Trinajstić information content (AvgIpc) is 3.20. The minimum atomic E-state index is 0.0590. The molecule has 1 aliphatic rings. The summed E-state index contributed by atoms with van der Waals surface area (Å²) in [5.74, 6) is 0.0590. The van der Waals surface area contributed by atoms with E-state index in [0.717, 1.165) is 40.6 Å². The zero-order valence-corrected chi connectivity index (χ0v) is 13.9. The van der Waals surface area contributed by atoms with Crippen molar-refractivity contribution in [1.82, 2.24) is 4.98 Å². The van der Waals surface area contributed by atoms with Gasteiger partial charge in [-0.05, 0) is 29.7 Å². The Bertz CT molecular complexity index is 873. The third kappa shape index (κ3) is 3.16. The van der Waals surface area contributed by atoms with E-state index in [-0.39, 0.29) is 5.91 Å². The quantitative estimate of drug-likeness (QED) is 0.742. The highest BCUT2D eigenvalue weighted by molar-refractivity contribution is 7.14. The Labute approximate surface area is 144 Å². The molecule has 24 heavy (non-hydrogen) atoms. The summed E-state index contributed by atoms with van der Waals surface area (Å²) in [5.41, 5.74) is 5.28. The van der Waals surface area contributed by atoms with Crippen LogP contribution in [0.15, 0.2) is 53.9 Å². The normalized spacial score (nSPS) is 12.8. The molecule has 2 heterocycles. The summed E-state index contributed by atoms with van der Waals surface area (Å²) in [5, 5.41) is 9.22. The van der Waals surface area contributed by atoms with Gasteiger partial charge in [-0.2, -0.15) is 0 Å². The predicted molar refractivity (Wildman–Crippen MR) is 98.5 cm³/mol. The first-order chi connectivity index (χ1) is 11.8. The summed E-state index contributed by atoms with van der Waals surface area (Å²) in [6.45, 7) is 0.861. The Hall–Kier alpha value is -2.66. The van der Waals surface area contributed by atoms with Crippen LogP contribution in [0.5, 0.6) is 0 Å². The van der Waals surface area contributed by atoms with Crippen molar-refractivity contribution in [2.24, 2.45) is 0 Å². The van der Waals surface area contributed by atoms with E-state index in [0.29, 0.717) is 6.42 Å². The van der Waals surface area contributed by atoms with Gasteiger partial charge in [-0.15, -0.1) is 11.3 Å². The smallest absolute Gasteiger partial charge is 0.228 e. The van der Waals surface area contributed by atoms with Gasteiger partial charge in [0.15, 0.2) is 5.13 Å². The summed E-state index contributed by atoms with van der Waals surface area (Å²) in [6.07, 6.45) is 1.43. The number of aromatic nitrogens is 1. The second-order valence-corrected chi connectivity index (χ2v) is 6.66. The van der Waals surface area contributed by atoms with Gasteiger partial charge in [0.1, 0.15) is 0 Å². The van der Waals surface area contributed by atoms with Crippen LogP contribution in [0.1, 0.15) is 11.1 Å². The number of hydrogen-bond donors (Lipinski definition) is 2. The molecule has 5 heteroatoms. The maximum Gasteiger partial charge on any atom is 0.228 e. The number of rotatable bonds is 5. The molecule has 0 fully saturated rings. The van der Waals surface area contributed by atoms with Gasteiger partial charge in [0, 0.05) is 23.2 Å². The third-order valence-corrected chi connectivity index (χ3v) is 4.86. The minimum absolute atomic E-state index is 0.0590. The first-order valence-electron chi connectivity index (χ1n) is 7.94. The van der Waals surface area contributed by atoms with Crippen molar-refractivity contribution >= 4 is 28.1 Å². The molecular formula is C19H17N3OS. The molecule has 0 atom stereocenters. The van der Waals surface area contributed by atoms with Gasteiger partial charge >= 0.3 is 0 Å². The van der Waals surface area contributed by atoms with Gasteiger partial charge in [0.2, 0.25) is 5.91 Å². The Morgan fingerprint density at radius 2 is 2.04 bits per heavy atom. The first-order valence-corrected chi connectivity index (χ1v) is 8.82. The van der Waals surface area contributed by atoms with Crippen molar-refractivity contribution < 1.29 is 4.79 Å². The topological polar surface area (TPSA) is 54.0 Å². The summed E-state index contributed by atoms with van der Waals surface area (Å²) < 4.78 is 0. The molecule has 2 aromatic carbocycles. The van der Waals surface area contributed by atoms with Crippen LogP contribution in [0, 0.1) is 0 Å². The third-order valence-electron chi connectivity index (χ3n) is 4.06. The highest BCUT2D eigenvalue weighted by Crippen LogP contribution is 2.30. The van der Waals surface area contributed by atoms with E-state index in [1.165, 1.54) is 5.56 Å². The number of benzene rings is 2. The second-order valence-electron chi connectivity index (χ2n) is 5.80. The van der Waals surface area contributed by atoms with Crippen LogP contribution in [0.3, 0.4) is 0 Å². The van der Waals surface area contributed by atoms with Crippen LogP contribution in [0.2, 0.25) is 0 Å². The summed E-state index contributed by atoms with van der Waals surface area (Å²) in [7, 11) is 0. The van der Waals surface area contributed by atoms with Gasteiger partial charge in [0.25, 0.3) is 0 Å². The van der Waals surface area contributed by atoms with Gasteiger partial charge in [0.05, 0.1) is 12.1 Å². The lowest BCUT2D eigenvalue weighted by Crippen LogP contribution is -2.04. The van der Waals surface area contributed by atoms with Crippen LogP contribution < -0.4 is 10.6 Å². The van der Waals surface area contributed by atoms with Gasteiger partial charge < -0.3 is 10.6 Å². The highest BCUT2D eigenvalue weighted by atomic mass is 32.1. The number of nitrogens with zero attached hydrogens (tertiary/aromatic N) is 1. The second kappa shape index (κ2) is 6.45. The number of thiazole rings is 1. The molecule has 3 aromatic rings. The van der Waals surface area contributed by atoms with E-state index in [1.54, 1.807) is 11.3 Å². The molecule has 0 radical (unpaired) electrons. The molecule has 0 saturated carbocycles. The van der Waals surface area contributed by atoms with Crippen molar-refractivity contribution in [3.8, 4) is 11.3 Å². The monoisotopic (exact) mass is 335 g/mol. The van der Waals surface area contributed by atoms with Crippen LogP contribution in [0.25, 0.3) is 11.3 Å². The van der Waals surface area contributed by atoms with Crippen molar-refractivity contribution in [2.75, 3.05) is 17.2 Å². The van der Waals surface area contributed by atoms with E-state index in [2.05, 4.69) is 51.3 Å². The number of anilines is 2. The van der Waals surface area contributed by atoms with Gasteiger partial charge in [-0.1, -0.05) is 36.4 Å². The fourth-order valence-electron chi connectivity index (χ4n) is 2.83. The molecule has 0 unspecified atom stereocenters. The van der Waals surface area contributed by atoms with Crippen molar-refractivity contribution in [2.45, 2.75) is 12.8 Å². The van der Waals surface area contributed by atoms with Crippen LogP contribution in [-0.4, -0.2) is 17.4 Å². The largest absolute Gasteiger partial charge is 0.361 e. The van der Waals surface area contributed by atoms with E-state index < -0.39 is 0 Å². The molecule has 1 amide bonds. The Morgan fingerprint density at radius 1 is 1.17 bits per heavy atom. The fraction of sp³-hybridized carbons (Fsp3) is 0.158. The molecule has 0 bridgehead atoms. The SMILES string of the molecule is O=C1Cc2cc(-c3csc(NCCc4ccccc4)n3)ccc2N1. The lowest BCUT2D eigenvalue weighted by molar-refractivity contribution is -0.115. The molecule has 120 valence electrons.